The largest absolute Gasteiger partial charge is 0.383 e. The zero-order valence-electron chi connectivity index (χ0n) is 9.21. The summed E-state index contributed by atoms with van der Waals surface area (Å²) >= 11 is 0. The van der Waals surface area contributed by atoms with Crippen LogP contribution in [0.5, 0.6) is 0 Å². The van der Waals surface area contributed by atoms with Crippen LogP contribution in [0, 0.1) is 0 Å². The van der Waals surface area contributed by atoms with Crippen LogP contribution in [0.25, 0.3) is 0 Å². The molecule has 0 radical (unpaired) electrons. The Morgan fingerprint density at radius 2 is 2.00 bits per heavy atom. The normalized spacial score (nSPS) is 15.8. The number of nitrogens with zero attached hydrogens (tertiary/aromatic N) is 2. The number of nitrogens with two attached hydrogens (primary N) is 1. The van der Waals surface area contributed by atoms with Gasteiger partial charge in [0.1, 0.15) is 11.6 Å². The molecule has 2 rings (SSSR count). The lowest BCUT2D eigenvalue weighted by Crippen LogP contribution is -2.14. The molecule has 82 valence electrons. The van der Waals surface area contributed by atoms with Crippen LogP contribution in [0.2, 0.25) is 0 Å². The number of nitrogens with one attached hydrogen (secondary N) is 1. The predicted octanol–water partition coefficient (Wildman–Crippen LogP) is 1.05. The molecule has 0 bridgehead atoms. The Kier molecular flexibility index (Phi) is 3.16. The van der Waals surface area contributed by atoms with E-state index in [0.29, 0.717) is 12.4 Å². The van der Waals surface area contributed by atoms with Crippen molar-refractivity contribution >= 4 is 5.82 Å². The van der Waals surface area contributed by atoms with Crippen LogP contribution in [0.4, 0.5) is 5.82 Å². The maximum Gasteiger partial charge on any atom is 0.144 e. The molecule has 0 atom stereocenters. The van der Waals surface area contributed by atoms with Gasteiger partial charge in [0.05, 0.1) is 6.54 Å². The predicted molar refractivity (Wildman–Crippen MR) is 60.5 cm³/mol. The Morgan fingerprint density at radius 1 is 1.20 bits per heavy atom. The Bertz CT molecular complexity index is 349. The first-order valence-corrected chi connectivity index (χ1v) is 5.60. The maximum atomic E-state index is 5.96. The van der Waals surface area contributed by atoms with Gasteiger partial charge < -0.3 is 11.1 Å². The van der Waals surface area contributed by atoms with Gasteiger partial charge in [0.25, 0.3) is 0 Å². The molecule has 3 N–H and O–H groups in total. The molecule has 0 saturated carbocycles. The third-order valence-corrected chi connectivity index (χ3v) is 2.85. The van der Waals surface area contributed by atoms with Crippen LogP contribution < -0.4 is 11.1 Å². The summed E-state index contributed by atoms with van der Waals surface area (Å²) in [6.45, 7) is 0.692. The smallest absolute Gasteiger partial charge is 0.144 e. The number of hydrogen-bond donors (Lipinski definition) is 2. The molecule has 1 aromatic rings. The van der Waals surface area contributed by atoms with Gasteiger partial charge in [0, 0.05) is 11.3 Å². The van der Waals surface area contributed by atoms with Gasteiger partial charge in [-0.1, -0.05) is 6.42 Å². The van der Waals surface area contributed by atoms with E-state index in [1.54, 1.807) is 0 Å². The van der Waals surface area contributed by atoms with Gasteiger partial charge in [-0.15, -0.1) is 0 Å². The molecule has 0 unspecified atom stereocenters. The topological polar surface area (TPSA) is 63.8 Å². The zero-order valence-corrected chi connectivity index (χ0v) is 9.21. The van der Waals surface area contributed by atoms with Crippen molar-refractivity contribution in [3.8, 4) is 0 Å². The summed E-state index contributed by atoms with van der Waals surface area (Å²) in [6.07, 6.45) is 5.81. The van der Waals surface area contributed by atoms with Crippen molar-refractivity contribution in [2.75, 3.05) is 12.8 Å². The van der Waals surface area contributed by atoms with Crippen molar-refractivity contribution in [3.05, 3.63) is 17.1 Å². The van der Waals surface area contributed by atoms with E-state index in [4.69, 9.17) is 5.73 Å². The van der Waals surface area contributed by atoms with Gasteiger partial charge >= 0.3 is 0 Å². The van der Waals surface area contributed by atoms with Gasteiger partial charge in [0.2, 0.25) is 0 Å². The molecular weight excluding hydrogens is 188 g/mol. The molecule has 0 fully saturated rings. The fraction of sp³-hybridized carbons (Fsp3) is 0.636. The molecule has 1 aliphatic carbocycles. The molecule has 0 aliphatic heterocycles. The van der Waals surface area contributed by atoms with Crippen LogP contribution in [0.1, 0.15) is 36.3 Å². The van der Waals surface area contributed by atoms with Gasteiger partial charge in [0.15, 0.2) is 0 Å². The summed E-state index contributed by atoms with van der Waals surface area (Å²) in [4.78, 5) is 8.89. The first-order valence-electron chi connectivity index (χ1n) is 5.60. The number of anilines is 1. The monoisotopic (exact) mass is 206 g/mol. The average Bonchev–Trinajstić information content (AvgIpc) is 2.43. The fourth-order valence-corrected chi connectivity index (χ4v) is 2.09. The molecule has 0 aromatic carbocycles. The molecule has 4 nitrogen and oxygen atoms in total. The minimum Gasteiger partial charge on any atom is -0.383 e. The number of aromatic nitrogens is 2. The maximum absolute atomic E-state index is 5.96. The van der Waals surface area contributed by atoms with Crippen molar-refractivity contribution < 1.29 is 0 Å². The van der Waals surface area contributed by atoms with E-state index in [1.165, 1.54) is 30.5 Å². The van der Waals surface area contributed by atoms with Gasteiger partial charge in [-0.25, -0.2) is 9.97 Å². The van der Waals surface area contributed by atoms with E-state index < -0.39 is 0 Å². The van der Waals surface area contributed by atoms with Crippen molar-refractivity contribution in [3.63, 3.8) is 0 Å². The number of aryl methyl sites for hydroxylation is 1. The van der Waals surface area contributed by atoms with Crippen molar-refractivity contribution in [2.24, 2.45) is 0 Å². The second-order valence-electron chi connectivity index (χ2n) is 4.04. The van der Waals surface area contributed by atoms with E-state index in [-0.39, 0.29) is 0 Å². The lowest BCUT2D eigenvalue weighted by atomic mass is 10.1. The number of rotatable bonds is 2. The number of nitrogen functional groups attached to an aromatic ring is 1. The Labute approximate surface area is 90.3 Å². The highest BCUT2D eigenvalue weighted by molar-refractivity contribution is 5.43. The van der Waals surface area contributed by atoms with E-state index in [2.05, 4.69) is 15.3 Å². The highest BCUT2D eigenvalue weighted by Crippen LogP contribution is 2.22. The molecule has 15 heavy (non-hydrogen) atoms. The Morgan fingerprint density at radius 3 is 2.80 bits per heavy atom. The van der Waals surface area contributed by atoms with Crippen molar-refractivity contribution in [2.45, 2.75) is 38.6 Å². The quantitative estimate of drug-likeness (QED) is 0.710. The summed E-state index contributed by atoms with van der Waals surface area (Å²) in [7, 11) is 1.89. The second kappa shape index (κ2) is 4.57. The third-order valence-electron chi connectivity index (χ3n) is 2.85. The summed E-state index contributed by atoms with van der Waals surface area (Å²) < 4.78 is 0. The SMILES string of the molecule is CNCc1nc(N)c2c(n1)CCCCC2. The second-order valence-corrected chi connectivity index (χ2v) is 4.04. The van der Waals surface area contributed by atoms with Gasteiger partial charge in [-0.2, -0.15) is 0 Å². The summed E-state index contributed by atoms with van der Waals surface area (Å²) in [6, 6.07) is 0. The van der Waals surface area contributed by atoms with Crippen LogP contribution in [0.3, 0.4) is 0 Å². The van der Waals surface area contributed by atoms with E-state index in [9.17, 15) is 0 Å². The highest BCUT2D eigenvalue weighted by atomic mass is 15.0. The molecule has 0 saturated heterocycles. The molecule has 0 spiro atoms. The van der Waals surface area contributed by atoms with E-state index >= 15 is 0 Å². The third kappa shape index (κ3) is 2.26. The van der Waals surface area contributed by atoms with Crippen LogP contribution in [0.15, 0.2) is 0 Å². The molecular formula is C11H18N4. The number of fused-ring (bicyclic) bond motifs is 1. The first kappa shape index (κ1) is 10.4. The van der Waals surface area contributed by atoms with Gasteiger partial charge in [-0.05, 0) is 32.7 Å². The first-order chi connectivity index (χ1) is 7.31. The standard InChI is InChI=1S/C11H18N4/c1-13-7-10-14-9-6-4-2-3-5-8(9)11(12)15-10/h13H,2-7H2,1H3,(H2,12,14,15). The zero-order chi connectivity index (χ0) is 10.7. The van der Waals surface area contributed by atoms with Crippen molar-refractivity contribution in [1.29, 1.82) is 0 Å². The minimum atomic E-state index is 0.687. The highest BCUT2D eigenvalue weighted by Gasteiger charge is 2.14. The Balaban J connectivity index is 2.35. The van der Waals surface area contributed by atoms with Crippen LogP contribution in [-0.2, 0) is 19.4 Å². The lowest BCUT2D eigenvalue weighted by molar-refractivity contribution is 0.705. The molecule has 0 amide bonds. The minimum absolute atomic E-state index is 0.687. The van der Waals surface area contributed by atoms with Crippen LogP contribution >= 0.6 is 0 Å². The van der Waals surface area contributed by atoms with Gasteiger partial charge in [-0.3, -0.25) is 0 Å². The fourth-order valence-electron chi connectivity index (χ4n) is 2.09. The van der Waals surface area contributed by atoms with E-state index in [1.807, 2.05) is 7.05 Å². The Hall–Kier alpha value is -1.16. The van der Waals surface area contributed by atoms with Crippen LogP contribution in [-0.4, -0.2) is 17.0 Å². The molecule has 1 aliphatic rings. The lowest BCUT2D eigenvalue weighted by Gasteiger charge is -2.09. The average molecular weight is 206 g/mol. The number of hydrogen-bond acceptors (Lipinski definition) is 4. The molecule has 4 heteroatoms. The van der Waals surface area contributed by atoms with Crippen molar-refractivity contribution in [1.82, 2.24) is 15.3 Å². The van der Waals surface area contributed by atoms with E-state index in [0.717, 1.165) is 18.7 Å². The molecule has 1 heterocycles. The molecule has 1 aromatic heterocycles. The summed E-state index contributed by atoms with van der Waals surface area (Å²) in [5.74, 6) is 1.50. The summed E-state index contributed by atoms with van der Waals surface area (Å²) in [5, 5.41) is 3.05. The summed E-state index contributed by atoms with van der Waals surface area (Å²) in [5.41, 5.74) is 8.32.